The van der Waals surface area contributed by atoms with Gasteiger partial charge in [-0.15, -0.1) is 0 Å². The van der Waals surface area contributed by atoms with Crippen molar-refractivity contribution in [3.63, 3.8) is 0 Å². The van der Waals surface area contributed by atoms with E-state index in [1.807, 2.05) is 6.92 Å². The van der Waals surface area contributed by atoms with Gasteiger partial charge in [0.15, 0.2) is 11.9 Å². The summed E-state index contributed by atoms with van der Waals surface area (Å²) in [5, 5.41) is 11.4. The second-order valence-electron chi connectivity index (χ2n) is 3.45. The lowest BCUT2D eigenvalue weighted by Gasteiger charge is -2.17. The Morgan fingerprint density at radius 3 is 2.81 bits per heavy atom. The van der Waals surface area contributed by atoms with Gasteiger partial charge >= 0.3 is 0 Å². The van der Waals surface area contributed by atoms with Gasteiger partial charge in [0.25, 0.3) is 0 Å². The molecule has 0 spiro atoms. The number of oxime groups is 1. The van der Waals surface area contributed by atoms with Crippen LogP contribution >= 0.6 is 0 Å². The fourth-order valence-corrected chi connectivity index (χ4v) is 1.32. The van der Waals surface area contributed by atoms with Gasteiger partial charge in [0, 0.05) is 0 Å². The fraction of sp³-hybridized carbons (Fsp3) is 0.364. The number of hydrogen-bond acceptors (Lipinski definition) is 3. The summed E-state index contributed by atoms with van der Waals surface area (Å²) in [5.74, 6) is 0.216. The van der Waals surface area contributed by atoms with Gasteiger partial charge < -0.3 is 15.7 Å². The molecule has 0 heterocycles. The van der Waals surface area contributed by atoms with Crippen molar-refractivity contribution in [2.75, 3.05) is 0 Å². The SMILES string of the molecule is CCC(Oc1ccc(F)cc1C)/C(N)=N/O. The predicted octanol–water partition coefficient (Wildman–Crippen LogP) is 2.04. The van der Waals surface area contributed by atoms with Crippen molar-refractivity contribution in [2.24, 2.45) is 10.9 Å². The molecule has 3 N–H and O–H groups in total. The van der Waals surface area contributed by atoms with Crippen molar-refractivity contribution in [3.8, 4) is 5.75 Å². The first-order valence-corrected chi connectivity index (χ1v) is 4.98. The Kier molecular flexibility index (Phi) is 4.10. The molecular formula is C11H15FN2O2. The highest BCUT2D eigenvalue weighted by Gasteiger charge is 2.14. The summed E-state index contributed by atoms with van der Waals surface area (Å²) in [6, 6.07) is 4.20. The van der Waals surface area contributed by atoms with Crippen LogP contribution in [0, 0.1) is 12.7 Å². The highest BCUT2D eigenvalue weighted by molar-refractivity contribution is 5.84. The quantitative estimate of drug-likeness (QED) is 0.357. The molecule has 16 heavy (non-hydrogen) atoms. The average molecular weight is 226 g/mol. The number of aryl methyl sites for hydroxylation is 1. The Bertz CT molecular complexity index is 394. The normalized spacial score (nSPS) is 13.6. The molecule has 0 aliphatic heterocycles. The van der Waals surface area contributed by atoms with Gasteiger partial charge in [0.1, 0.15) is 11.6 Å². The molecule has 0 saturated carbocycles. The molecule has 1 aromatic rings. The van der Waals surface area contributed by atoms with Crippen LogP contribution < -0.4 is 10.5 Å². The number of nitrogens with zero attached hydrogens (tertiary/aromatic N) is 1. The summed E-state index contributed by atoms with van der Waals surface area (Å²) in [4.78, 5) is 0. The number of amidine groups is 1. The summed E-state index contributed by atoms with van der Waals surface area (Å²) in [6.07, 6.45) is 0.0568. The first-order valence-electron chi connectivity index (χ1n) is 4.98. The Morgan fingerprint density at radius 2 is 2.31 bits per heavy atom. The third-order valence-electron chi connectivity index (χ3n) is 2.22. The summed E-state index contributed by atoms with van der Waals surface area (Å²) >= 11 is 0. The van der Waals surface area contributed by atoms with Crippen LogP contribution in [0.4, 0.5) is 4.39 Å². The van der Waals surface area contributed by atoms with Crippen molar-refractivity contribution >= 4 is 5.84 Å². The van der Waals surface area contributed by atoms with Crippen molar-refractivity contribution in [1.29, 1.82) is 0 Å². The molecule has 1 rings (SSSR count). The molecule has 88 valence electrons. The number of benzene rings is 1. The van der Waals surface area contributed by atoms with E-state index in [2.05, 4.69) is 5.16 Å². The molecule has 0 aliphatic rings. The number of halogens is 1. The van der Waals surface area contributed by atoms with E-state index in [9.17, 15) is 4.39 Å². The lowest BCUT2D eigenvalue weighted by Crippen LogP contribution is -2.33. The summed E-state index contributed by atoms with van der Waals surface area (Å²) in [5.41, 5.74) is 6.13. The molecule has 1 unspecified atom stereocenters. The van der Waals surface area contributed by atoms with Gasteiger partial charge in [-0.05, 0) is 37.1 Å². The lowest BCUT2D eigenvalue weighted by atomic mass is 10.2. The highest BCUT2D eigenvalue weighted by Crippen LogP contribution is 2.20. The largest absolute Gasteiger partial charge is 0.482 e. The van der Waals surface area contributed by atoms with E-state index in [1.165, 1.54) is 18.2 Å². The van der Waals surface area contributed by atoms with E-state index < -0.39 is 6.10 Å². The molecule has 0 aliphatic carbocycles. The molecule has 0 bridgehead atoms. The lowest BCUT2D eigenvalue weighted by molar-refractivity contribution is 0.245. The van der Waals surface area contributed by atoms with Gasteiger partial charge in [-0.25, -0.2) is 4.39 Å². The Balaban J connectivity index is 2.86. The molecule has 0 fully saturated rings. The minimum atomic E-state index is -0.505. The fourth-order valence-electron chi connectivity index (χ4n) is 1.32. The molecule has 0 aromatic heterocycles. The van der Waals surface area contributed by atoms with Crippen LogP contribution in [-0.4, -0.2) is 17.1 Å². The van der Waals surface area contributed by atoms with Gasteiger partial charge in [-0.1, -0.05) is 12.1 Å². The number of nitrogens with two attached hydrogens (primary N) is 1. The molecule has 0 radical (unpaired) electrons. The van der Waals surface area contributed by atoms with Crippen LogP contribution in [0.25, 0.3) is 0 Å². The molecule has 0 amide bonds. The summed E-state index contributed by atoms with van der Waals surface area (Å²) in [7, 11) is 0. The minimum Gasteiger partial charge on any atom is -0.482 e. The number of ether oxygens (including phenoxy) is 1. The average Bonchev–Trinajstić information content (AvgIpc) is 2.27. The smallest absolute Gasteiger partial charge is 0.180 e. The zero-order valence-electron chi connectivity index (χ0n) is 9.27. The topological polar surface area (TPSA) is 67.8 Å². The minimum absolute atomic E-state index is 0.00576. The zero-order valence-corrected chi connectivity index (χ0v) is 9.27. The van der Waals surface area contributed by atoms with E-state index in [1.54, 1.807) is 6.92 Å². The van der Waals surface area contributed by atoms with Gasteiger partial charge in [0.05, 0.1) is 0 Å². The standard InChI is InChI=1S/C11H15FN2O2/c1-3-9(11(13)14-15)16-10-5-4-8(12)6-7(10)2/h4-6,9,15H,3H2,1-2H3,(H2,13,14). The second-order valence-corrected chi connectivity index (χ2v) is 3.45. The summed E-state index contributed by atoms with van der Waals surface area (Å²) in [6.45, 7) is 3.58. The van der Waals surface area contributed by atoms with E-state index >= 15 is 0 Å². The van der Waals surface area contributed by atoms with E-state index in [-0.39, 0.29) is 11.7 Å². The van der Waals surface area contributed by atoms with Gasteiger partial charge in [-0.2, -0.15) is 0 Å². The summed E-state index contributed by atoms with van der Waals surface area (Å²) < 4.78 is 18.4. The van der Waals surface area contributed by atoms with E-state index in [0.717, 1.165) is 0 Å². The maximum atomic E-state index is 12.8. The Labute approximate surface area is 93.5 Å². The molecule has 1 aromatic carbocycles. The van der Waals surface area contributed by atoms with Gasteiger partial charge in [-0.3, -0.25) is 0 Å². The van der Waals surface area contributed by atoms with E-state index in [4.69, 9.17) is 15.7 Å². The monoisotopic (exact) mass is 226 g/mol. The highest BCUT2D eigenvalue weighted by atomic mass is 19.1. The molecule has 1 atom stereocenters. The van der Waals surface area contributed by atoms with Crippen molar-refractivity contribution in [1.82, 2.24) is 0 Å². The third kappa shape index (κ3) is 2.85. The number of hydrogen-bond donors (Lipinski definition) is 2. The molecule has 0 saturated heterocycles. The predicted molar refractivity (Wildman–Crippen MR) is 59.3 cm³/mol. The van der Waals surface area contributed by atoms with Crippen LogP contribution in [0.15, 0.2) is 23.4 Å². The van der Waals surface area contributed by atoms with E-state index in [0.29, 0.717) is 17.7 Å². The Hall–Kier alpha value is -1.78. The van der Waals surface area contributed by atoms with Crippen molar-refractivity contribution in [3.05, 3.63) is 29.6 Å². The van der Waals surface area contributed by atoms with Crippen LogP contribution in [0.5, 0.6) is 5.75 Å². The van der Waals surface area contributed by atoms with Crippen LogP contribution in [-0.2, 0) is 0 Å². The van der Waals surface area contributed by atoms with Crippen LogP contribution in [0.3, 0.4) is 0 Å². The zero-order chi connectivity index (χ0) is 12.1. The third-order valence-corrected chi connectivity index (χ3v) is 2.22. The molecule has 4 nitrogen and oxygen atoms in total. The van der Waals surface area contributed by atoms with Crippen LogP contribution in [0.2, 0.25) is 0 Å². The Morgan fingerprint density at radius 1 is 1.62 bits per heavy atom. The van der Waals surface area contributed by atoms with Gasteiger partial charge in [0.2, 0.25) is 0 Å². The first-order chi connectivity index (χ1) is 7.58. The first kappa shape index (κ1) is 12.3. The van der Waals surface area contributed by atoms with Crippen molar-refractivity contribution < 1.29 is 14.3 Å². The second kappa shape index (κ2) is 5.34. The molecular weight excluding hydrogens is 211 g/mol. The van der Waals surface area contributed by atoms with Crippen molar-refractivity contribution in [2.45, 2.75) is 26.4 Å². The maximum absolute atomic E-state index is 12.8. The van der Waals surface area contributed by atoms with Crippen LogP contribution in [0.1, 0.15) is 18.9 Å². The maximum Gasteiger partial charge on any atom is 0.180 e. The molecule has 5 heteroatoms. The number of rotatable bonds is 4.